The van der Waals surface area contributed by atoms with Gasteiger partial charge in [-0.1, -0.05) is 32.0 Å². The number of hydrogen-bond donors (Lipinski definition) is 3. The average molecular weight is 364 g/mol. The van der Waals surface area contributed by atoms with Crippen molar-refractivity contribution in [3.05, 3.63) is 29.8 Å². The molecule has 7 heteroatoms. The minimum atomic E-state index is -1.09. The third-order valence-corrected chi connectivity index (χ3v) is 3.47. The standard InChI is InChI=1S/C19H28N2O5/c1-12(2)9-15(19(24)25)21-18(23)11-20-17(22)10-14-7-5-6-8-16(14)26-13(3)4/h5-8,12-13,15H,9-11H2,1-4H3,(H,20,22)(H,21,23)(H,24,25)/t15-/m0/s1. The molecule has 1 atom stereocenters. The number of carbonyl (C=O) groups excluding carboxylic acids is 2. The zero-order valence-electron chi connectivity index (χ0n) is 15.7. The van der Waals surface area contributed by atoms with E-state index in [0.717, 1.165) is 5.56 Å². The highest BCUT2D eigenvalue weighted by molar-refractivity contribution is 5.88. The van der Waals surface area contributed by atoms with Gasteiger partial charge < -0.3 is 20.5 Å². The van der Waals surface area contributed by atoms with Crippen molar-refractivity contribution in [1.29, 1.82) is 0 Å². The first kappa shape index (κ1) is 21.5. The predicted molar refractivity (Wildman–Crippen MR) is 97.9 cm³/mol. The predicted octanol–water partition coefficient (Wildman–Crippen LogP) is 1.75. The van der Waals surface area contributed by atoms with Crippen molar-refractivity contribution in [2.75, 3.05) is 6.54 Å². The number of nitrogens with one attached hydrogen (secondary N) is 2. The van der Waals surface area contributed by atoms with Crippen LogP contribution in [0.25, 0.3) is 0 Å². The molecule has 1 rings (SSSR count). The number of carboxylic acid groups (broad SMARTS) is 1. The van der Waals surface area contributed by atoms with Gasteiger partial charge in [0, 0.05) is 5.56 Å². The molecule has 1 aromatic rings. The van der Waals surface area contributed by atoms with E-state index in [2.05, 4.69) is 10.6 Å². The Bertz CT molecular complexity index is 628. The molecule has 0 saturated carbocycles. The first-order valence-electron chi connectivity index (χ1n) is 8.72. The maximum atomic E-state index is 12.1. The van der Waals surface area contributed by atoms with Gasteiger partial charge in [0.05, 0.1) is 19.1 Å². The smallest absolute Gasteiger partial charge is 0.326 e. The van der Waals surface area contributed by atoms with Gasteiger partial charge in [-0.15, -0.1) is 0 Å². The number of para-hydroxylation sites is 1. The van der Waals surface area contributed by atoms with Crippen molar-refractivity contribution in [2.45, 2.75) is 52.7 Å². The molecule has 0 fully saturated rings. The van der Waals surface area contributed by atoms with Crippen molar-refractivity contribution < 1.29 is 24.2 Å². The topological polar surface area (TPSA) is 105 Å². The second-order valence-corrected chi connectivity index (χ2v) is 6.82. The molecule has 0 aliphatic carbocycles. The van der Waals surface area contributed by atoms with Crippen LogP contribution in [0.1, 0.15) is 39.7 Å². The molecule has 0 spiro atoms. The lowest BCUT2D eigenvalue weighted by Crippen LogP contribution is -2.46. The van der Waals surface area contributed by atoms with Crippen molar-refractivity contribution in [2.24, 2.45) is 5.92 Å². The van der Waals surface area contributed by atoms with Crippen LogP contribution in [0, 0.1) is 5.92 Å². The van der Waals surface area contributed by atoms with E-state index < -0.39 is 17.9 Å². The number of rotatable bonds is 10. The van der Waals surface area contributed by atoms with Crippen LogP contribution in [0.3, 0.4) is 0 Å². The van der Waals surface area contributed by atoms with E-state index in [9.17, 15) is 14.4 Å². The highest BCUT2D eigenvalue weighted by Gasteiger charge is 2.21. The zero-order valence-corrected chi connectivity index (χ0v) is 15.7. The Labute approximate surface area is 154 Å². The SMILES string of the molecule is CC(C)C[C@H](NC(=O)CNC(=O)Cc1ccccc1OC(C)C)C(=O)O. The number of hydrogen-bond acceptors (Lipinski definition) is 4. The summed E-state index contributed by atoms with van der Waals surface area (Å²) >= 11 is 0. The first-order chi connectivity index (χ1) is 12.2. The molecule has 0 unspecified atom stereocenters. The largest absolute Gasteiger partial charge is 0.491 e. The maximum absolute atomic E-state index is 12.1. The number of carbonyl (C=O) groups is 3. The normalized spacial score (nSPS) is 11.9. The molecule has 0 saturated heterocycles. The number of ether oxygens (including phenoxy) is 1. The summed E-state index contributed by atoms with van der Waals surface area (Å²) in [6, 6.07) is 6.26. The van der Waals surface area contributed by atoms with Gasteiger partial charge in [-0.3, -0.25) is 9.59 Å². The van der Waals surface area contributed by atoms with Crippen molar-refractivity contribution in [3.63, 3.8) is 0 Å². The summed E-state index contributed by atoms with van der Waals surface area (Å²) in [5.74, 6) is -1.19. The van der Waals surface area contributed by atoms with E-state index >= 15 is 0 Å². The van der Waals surface area contributed by atoms with Gasteiger partial charge in [0.2, 0.25) is 11.8 Å². The fraction of sp³-hybridized carbons (Fsp3) is 0.526. The molecule has 0 aliphatic heterocycles. The Morgan fingerprint density at radius 2 is 1.73 bits per heavy atom. The molecular weight excluding hydrogens is 336 g/mol. The Morgan fingerprint density at radius 1 is 1.08 bits per heavy atom. The van der Waals surface area contributed by atoms with Crippen molar-refractivity contribution in [1.82, 2.24) is 10.6 Å². The number of amides is 2. The Balaban J connectivity index is 2.54. The number of benzene rings is 1. The molecule has 2 amide bonds. The van der Waals surface area contributed by atoms with Crippen molar-refractivity contribution in [3.8, 4) is 5.75 Å². The van der Waals surface area contributed by atoms with E-state index in [-0.39, 0.29) is 30.9 Å². The van der Waals surface area contributed by atoms with Crippen LogP contribution >= 0.6 is 0 Å². The summed E-state index contributed by atoms with van der Waals surface area (Å²) in [7, 11) is 0. The maximum Gasteiger partial charge on any atom is 0.326 e. The first-order valence-corrected chi connectivity index (χ1v) is 8.72. The van der Waals surface area contributed by atoms with Crippen molar-refractivity contribution >= 4 is 17.8 Å². The number of carboxylic acids is 1. The summed E-state index contributed by atoms with van der Waals surface area (Å²) in [5, 5.41) is 14.1. The quantitative estimate of drug-likeness (QED) is 0.587. The monoisotopic (exact) mass is 364 g/mol. The molecule has 0 aliphatic rings. The lowest BCUT2D eigenvalue weighted by Gasteiger charge is -2.17. The Hall–Kier alpha value is -2.57. The van der Waals surface area contributed by atoms with Crippen LogP contribution in [0.5, 0.6) is 5.75 Å². The lowest BCUT2D eigenvalue weighted by molar-refractivity contribution is -0.142. The minimum Gasteiger partial charge on any atom is -0.491 e. The van der Waals surface area contributed by atoms with Gasteiger partial charge in [-0.05, 0) is 32.3 Å². The highest BCUT2D eigenvalue weighted by atomic mass is 16.5. The molecule has 7 nitrogen and oxygen atoms in total. The molecule has 0 aromatic heterocycles. The molecule has 1 aromatic carbocycles. The van der Waals surface area contributed by atoms with E-state index in [4.69, 9.17) is 9.84 Å². The van der Waals surface area contributed by atoms with Gasteiger partial charge in [-0.2, -0.15) is 0 Å². The molecule has 3 N–H and O–H groups in total. The summed E-state index contributed by atoms with van der Waals surface area (Å²) < 4.78 is 5.66. The van der Waals surface area contributed by atoms with E-state index in [0.29, 0.717) is 12.2 Å². The Kier molecular flexibility index (Phi) is 8.61. The third-order valence-electron chi connectivity index (χ3n) is 3.47. The van der Waals surface area contributed by atoms with Crippen LogP contribution < -0.4 is 15.4 Å². The molecule has 0 heterocycles. The molecule has 0 bridgehead atoms. The third kappa shape index (κ3) is 8.00. The van der Waals surface area contributed by atoms with Crippen LogP contribution in [-0.2, 0) is 20.8 Å². The van der Waals surface area contributed by atoms with Gasteiger partial charge in [0.15, 0.2) is 0 Å². The minimum absolute atomic E-state index is 0.0149. The van der Waals surface area contributed by atoms with Gasteiger partial charge in [0.1, 0.15) is 11.8 Å². The van der Waals surface area contributed by atoms with Gasteiger partial charge >= 0.3 is 5.97 Å². The van der Waals surface area contributed by atoms with Crippen LogP contribution in [0.4, 0.5) is 0 Å². The fourth-order valence-corrected chi connectivity index (χ4v) is 2.37. The molecule has 26 heavy (non-hydrogen) atoms. The molecular formula is C19H28N2O5. The highest BCUT2D eigenvalue weighted by Crippen LogP contribution is 2.19. The Morgan fingerprint density at radius 3 is 2.31 bits per heavy atom. The van der Waals surface area contributed by atoms with E-state index in [1.807, 2.05) is 39.8 Å². The van der Waals surface area contributed by atoms with E-state index in [1.165, 1.54) is 0 Å². The summed E-state index contributed by atoms with van der Waals surface area (Å²) in [6.45, 7) is 7.28. The molecule has 144 valence electrons. The zero-order chi connectivity index (χ0) is 19.7. The number of aliphatic carboxylic acids is 1. The second kappa shape index (κ2) is 10.4. The van der Waals surface area contributed by atoms with Crippen LogP contribution in [-0.4, -0.2) is 41.6 Å². The van der Waals surface area contributed by atoms with Gasteiger partial charge in [0.25, 0.3) is 0 Å². The summed E-state index contributed by atoms with van der Waals surface area (Å²) in [6.07, 6.45) is 0.387. The summed E-state index contributed by atoms with van der Waals surface area (Å²) in [5.41, 5.74) is 0.724. The average Bonchev–Trinajstić information content (AvgIpc) is 2.53. The summed E-state index contributed by atoms with van der Waals surface area (Å²) in [4.78, 5) is 35.1. The fourth-order valence-electron chi connectivity index (χ4n) is 2.37. The van der Waals surface area contributed by atoms with E-state index in [1.54, 1.807) is 12.1 Å². The van der Waals surface area contributed by atoms with Gasteiger partial charge in [-0.25, -0.2) is 4.79 Å². The lowest BCUT2D eigenvalue weighted by atomic mass is 10.0. The second-order valence-electron chi connectivity index (χ2n) is 6.82. The van der Waals surface area contributed by atoms with Crippen LogP contribution in [0.15, 0.2) is 24.3 Å². The molecule has 0 radical (unpaired) electrons. The van der Waals surface area contributed by atoms with Crippen LogP contribution in [0.2, 0.25) is 0 Å².